The third-order valence-corrected chi connectivity index (χ3v) is 9.35. The number of hydrogen-bond acceptors (Lipinski definition) is 9. The number of nitrogens with two attached hydrogens (primary N) is 1. The van der Waals surface area contributed by atoms with Crippen LogP contribution in [0.4, 0.5) is 5.13 Å². The molecule has 0 amide bonds. The predicted octanol–water partition coefficient (Wildman–Crippen LogP) is 8.02. The van der Waals surface area contributed by atoms with Crippen LogP contribution in [0, 0.1) is 0 Å². The second-order valence-corrected chi connectivity index (χ2v) is 12.7. The monoisotopic (exact) mass is 612 g/mol. The fourth-order valence-corrected chi connectivity index (χ4v) is 7.28. The molecule has 6 rings (SSSR count). The summed E-state index contributed by atoms with van der Waals surface area (Å²) in [4.78, 5) is 29.4. The van der Waals surface area contributed by atoms with Crippen molar-refractivity contribution in [1.82, 2.24) is 9.97 Å². The van der Waals surface area contributed by atoms with E-state index in [9.17, 15) is 4.79 Å². The number of nitrogens with zero attached hydrogens (tertiary/aromatic N) is 3. The average molecular weight is 613 g/mol. The number of thiazole rings is 2. The van der Waals surface area contributed by atoms with E-state index < -0.39 is 10.7 Å². The summed E-state index contributed by atoms with van der Waals surface area (Å²) in [6, 6.07) is 37.0. The number of nitrogen functional groups attached to an aromatic ring is 1. The Morgan fingerprint density at radius 1 is 0.780 bits per heavy atom. The van der Waals surface area contributed by atoms with E-state index in [4.69, 9.17) is 22.2 Å². The minimum absolute atomic E-state index is 0.0561. The quantitative estimate of drug-likeness (QED) is 0.0810. The van der Waals surface area contributed by atoms with Crippen molar-refractivity contribution in [2.75, 3.05) is 5.73 Å². The molecule has 4 aromatic carbocycles. The minimum Gasteiger partial charge on any atom is -0.375 e. The maximum Gasteiger partial charge on any atom is 0.250 e. The van der Waals surface area contributed by atoms with Gasteiger partial charge in [0.2, 0.25) is 10.7 Å². The molecule has 2 heterocycles. The van der Waals surface area contributed by atoms with Crippen molar-refractivity contribution in [3.63, 3.8) is 0 Å². The summed E-state index contributed by atoms with van der Waals surface area (Å²) in [5.74, 6) is 0. The molecule has 0 bridgehead atoms. The maximum absolute atomic E-state index is 13.9. The van der Waals surface area contributed by atoms with Crippen molar-refractivity contribution in [2.45, 2.75) is 9.94 Å². The topological polar surface area (TPSA) is 90.5 Å². The lowest BCUT2D eigenvalue weighted by Gasteiger charge is -2.33. The van der Waals surface area contributed by atoms with E-state index in [0.717, 1.165) is 50.0 Å². The second kappa shape index (κ2) is 11.8. The third-order valence-electron chi connectivity index (χ3n) is 6.29. The molecule has 0 aliphatic heterocycles. The van der Waals surface area contributed by atoms with Gasteiger partial charge in [0.1, 0.15) is 10.0 Å². The van der Waals surface area contributed by atoms with Crippen LogP contribution in [0.1, 0.15) is 22.4 Å². The minimum atomic E-state index is -1.19. The molecule has 41 heavy (non-hydrogen) atoms. The standard InChI is InChI=1S/C31H21ClN4O2S3/c32-27-25(35-29(33)40-27)26(28(37)41-30-34-23-18-10-11-19-24(23)39-30)36-38-31(20-12-4-1-5-13-20,21-14-6-2-7-15-21)22-16-8-3-9-17-22/h1-19H,(H2,33,35)/b36-26-. The molecule has 0 radical (unpaired) electrons. The zero-order chi connectivity index (χ0) is 28.2. The Morgan fingerprint density at radius 3 is 1.83 bits per heavy atom. The molecule has 0 aliphatic rings. The van der Waals surface area contributed by atoms with E-state index in [2.05, 4.69) is 15.1 Å². The van der Waals surface area contributed by atoms with Gasteiger partial charge in [0.05, 0.1) is 10.2 Å². The van der Waals surface area contributed by atoms with Crippen LogP contribution < -0.4 is 5.73 Å². The summed E-state index contributed by atoms with van der Waals surface area (Å²) in [6.45, 7) is 0. The van der Waals surface area contributed by atoms with Gasteiger partial charge < -0.3 is 10.6 Å². The molecule has 0 atom stereocenters. The summed E-state index contributed by atoms with van der Waals surface area (Å²) >= 11 is 9.96. The highest BCUT2D eigenvalue weighted by atomic mass is 35.5. The molecule has 202 valence electrons. The molecule has 0 fully saturated rings. The Hall–Kier alpha value is -4.02. The molecule has 10 heteroatoms. The largest absolute Gasteiger partial charge is 0.375 e. The van der Waals surface area contributed by atoms with Crippen LogP contribution in [0.2, 0.25) is 4.34 Å². The third kappa shape index (κ3) is 5.49. The van der Waals surface area contributed by atoms with Crippen molar-refractivity contribution in [2.24, 2.45) is 5.16 Å². The number of carbonyl (C=O) groups excluding carboxylic acids is 1. The molecular formula is C31H21ClN4O2S3. The van der Waals surface area contributed by atoms with E-state index in [1.54, 1.807) is 0 Å². The SMILES string of the molecule is Nc1nc(/C(=N/OC(c2ccccc2)(c2ccccc2)c2ccccc2)C(=O)Sc2nc3ccccc3s2)c(Cl)s1. The highest BCUT2D eigenvalue weighted by Gasteiger charge is 2.40. The van der Waals surface area contributed by atoms with Crippen molar-refractivity contribution >= 4 is 72.2 Å². The van der Waals surface area contributed by atoms with Crippen LogP contribution in [-0.2, 0) is 15.2 Å². The first kappa shape index (κ1) is 27.2. The maximum atomic E-state index is 13.9. The van der Waals surface area contributed by atoms with Gasteiger partial charge in [-0.15, -0.1) is 11.3 Å². The zero-order valence-corrected chi connectivity index (χ0v) is 24.5. The van der Waals surface area contributed by atoms with E-state index in [1.807, 2.05) is 115 Å². The molecule has 6 nitrogen and oxygen atoms in total. The lowest BCUT2D eigenvalue weighted by Crippen LogP contribution is -2.32. The molecule has 2 N–H and O–H groups in total. The fraction of sp³-hybridized carbons (Fsp3) is 0.0323. The van der Waals surface area contributed by atoms with Crippen molar-refractivity contribution in [3.05, 3.63) is 142 Å². The number of halogens is 1. The first-order valence-corrected chi connectivity index (χ1v) is 15.3. The van der Waals surface area contributed by atoms with Crippen LogP contribution in [0.25, 0.3) is 10.2 Å². The second-order valence-electron chi connectivity index (χ2n) is 8.82. The van der Waals surface area contributed by atoms with Gasteiger partial charge in [-0.25, -0.2) is 9.97 Å². The average Bonchev–Trinajstić information content (AvgIpc) is 3.57. The number of para-hydroxylation sites is 1. The number of fused-ring (bicyclic) bond motifs is 1. The number of thioether (sulfide) groups is 1. The molecule has 0 spiro atoms. The molecule has 0 saturated heterocycles. The van der Waals surface area contributed by atoms with Gasteiger partial charge >= 0.3 is 0 Å². The van der Waals surface area contributed by atoms with Crippen LogP contribution >= 0.6 is 46.0 Å². The summed E-state index contributed by atoms with van der Waals surface area (Å²) in [6.07, 6.45) is 0. The Kier molecular flexibility index (Phi) is 7.84. The van der Waals surface area contributed by atoms with Gasteiger partial charge in [-0.1, -0.05) is 131 Å². The summed E-state index contributed by atoms with van der Waals surface area (Å²) < 4.78 is 1.79. The van der Waals surface area contributed by atoms with Gasteiger partial charge in [-0.05, 0) is 23.9 Å². The Balaban J connectivity index is 1.50. The number of carbonyl (C=O) groups is 1. The number of oxime groups is 1. The smallest absolute Gasteiger partial charge is 0.250 e. The molecule has 0 saturated carbocycles. The first-order valence-electron chi connectivity index (χ1n) is 12.5. The Morgan fingerprint density at radius 2 is 1.32 bits per heavy atom. The molecule has 0 unspecified atom stereocenters. The van der Waals surface area contributed by atoms with Crippen LogP contribution in [-0.4, -0.2) is 20.8 Å². The van der Waals surface area contributed by atoms with E-state index in [1.165, 1.54) is 11.3 Å². The number of benzene rings is 4. The summed E-state index contributed by atoms with van der Waals surface area (Å²) in [5, 5.41) is 4.35. The molecular weight excluding hydrogens is 592 g/mol. The first-order chi connectivity index (χ1) is 20.0. The molecule has 6 aromatic rings. The van der Waals surface area contributed by atoms with Crippen molar-refractivity contribution in [3.8, 4) is 0 Å². The predicted molar refractivity (Wildman–Crippen MR) is 169 cm³/mol. The summed E-state index contributed by atoms with van der Waals surface area (Å²) in [7, 11) is 0. The van der Waals surface area contributed by atoms with Gasteiger partial charge in [0.25, 0.3) is 0 Å². The fourth-order valence-electron chi connectivity index (χ4n) is 4.45. The van der Waals surface area contributed by atoms with Crippen LogP contribution in [0.3, 0.4) is 0 Å². The van der Waals surface area contributed by atoms with Gasteiger partial charge in [-0.3, -0.25) is 4.79 Å². The van der Waals surface area contributed by atoms with E-state index in [0.29, 0.717) is 4.34 Å². The Bertz CT molecular complexity index is 1710. The highest BCUT2D eigenvalue weighted by molar-refractivity contribution is 8.16. The van der Waals surface area contributed by atoms with Crippen LogP contribution in [0.15, 0.2) is 125 Å². The number of rotatable bonds is 8. The van der Waals surface area contributed by atoms with E-state index >= 15 is 0 Å². The van der Waals surface area contributed by atoms with Crippen molar-refractivity contribution < 1.29 is 9.63 Å². The lowest BCUT2D eigenvalue weighted by molar-refractivity contribution is -0.105. The van der Waals surface area contributed by atoms with E-state index in [-0.39, 0.29) is 20.9 Å². The van der Waals surface area contributed by atoms with Crippen LogP contribution in [0.5, 0.6) is 0 Å². The summed E-state index contributed by atoms with van der Waals surface area (Å²) in [5.41, 5.74) is 8.19. The lowest BCUT2D eigenvalue weighted by atomic mass is 9.80. The van der Waals surface area contributed by atoms with Gasteiger partial charge in [-0.2, -0.15) is 0 Å². The van der Waals surface area contributed by atoms with Crippen molar-refractivity contribution in [1.29, 1.82) is 0 Å². The number of anilines is 1. The highest BCUT2D eigenvalue weighted by Crippen LogP contribution is 2.41. The number of hydrogen-bond donors (Lipinski definition) is 1. The van der Waals surface area contributed by atoms with Gasteiger partial charge in [0, 0.05) is 16.7 Å². The van der Waals surface area contributed by atoms with Gasteiger partial charge in [0.15, 0.2) is 15.2 Å². The molecule has 2 aromatic heterocycles. The number of aromatic nitrogens is 2. The molecule has 0 aliphatic carbocycles. The zero-order valence-electron chi connectivity index (χ0n) is 21.3. The normalized spacial score (nSPS) is 12.0. The Labute approximate surface area is 253 Å².